The molecule has 0 radical (unpaired) electrons. The topological polar surface area (TPSA) is 37.4 Å². The first-order chi connectivity index (χ1) is 6.81. The summed E-state index contributed by atoms with van der Waals surface area (Å²) in [4.78, 5) is 0.601. The van der Waals surface area contributed by atoms with E-state index >= 15 is 0 Å². The van der Waals surface area contributed by atoms with E-state index in [1.165, 1.54) is 4.31 Å². The highest BCUT2D eigenvalue weighted by Gasteiger charge is 2.30. The monoisotopic (exact) mass is 297 g/mol. The van der Waals surface area contributed by atoms with E-state index in [9.17, 15) is 8.42 Å². The Bertz CT molecular complexity index is 297. The SMILES string of the molecule is CC(C)CS(=O)(=O)N(C)CC1CC(Br)C1. The quantitative estimate of drug-likeness (QED) is 0.729. The van der Waals surface area contributed by atoms with E-state index in [4.69, 9.17) is 0 Å². The maximum Gasteiger partial charge on any atom is 0.214 e. The number of sulfonamides is 1. The molecule has 1 aliphatic carbocycles. The Morgan fingerprint density at radius 2 is 1.93 bits per heavy atom. The van der Waals surface area contributed by atoms with Crippen molar-refractivity contribution in [1.29, 1.82) is 0 Å². The maximum absolute atomic E-state index is 11.8. The Hall–Kier alpha value is 0.390. The molecule has 0 saturated heterocycles. The highest BCUT2D eigenvalue weighted by atomic mass is 79.9. The molecule has 0 aromatic carbocycles. The van der Waals surface area contributed by atoms with E-state index in [0.29, 0.717) is 17.3 Å². The molecule has 5 heteroatoms. The van der Waals surface area contributed by atoms with Crippen molar-refractivity contribution in [2.24, 2.45) is 11.8 Å². The third-order valence-electron chi connectivity index (χ3n) is 2.71. The van der Waals surface area contributed by atoms with Crippen molar-refractivity contribution in [2.75, 3.05) is 19.3 Å². The van der Waals surface area contributed by atoms with Gasteiger partial charge in [0.25, 0.3) is 0 Å². The van der Waals surface area contributed by atoms with E-state index < -0.39 is 10.0 Å². The van der Waals surface area contributed by atoms with E-state index in [2.05, 4.69) is 15.9 Å². The largest absolute Gasteiger partial charge is 0.214 e. The average Bonchev–Trinajstić information content (AvgIpc) is 1.98. The molecule has 0 atom stereocenters. The van der Waals surface area contributed by atoms with E-state index in [-0.39, 0.29) is 11.7 Å². The lowest BCUT2D eigenvalue weighted by atomic mass is 9.85. The number of halogens is 1. The molecule has 0 aliphatic heterocycles. The van der Waals surface area contributed by atoms with Crippen LogP contribution in [0.1, 0.15) is 26.7 Å². The molecular weight excluding hydrogens is 278 g/mol. The Kier molecular flexibility index (Phi) is 4.62. The van der Waals surface area contributed by atoms with Crippen molar-refractivity contribution >= 4 is 26.0 Å². The normalized spacial score (nSPS) is 27.1. The van der Waals surface area contributed by atoms with E-state index in [0.717, 1.165) is 12.8 Å². The van der Waals surface area contributed by atoms with Gasteiger partial charge in [0.05, 0.1) is 5.75 Å². The van der Waals surface area contributed by atoms with Gasteiger partial charge in [-0.15, -0.1) is 0 Å². The zero-order valence-corrected chi connectivity index (χ0v) is 12.0. The van der Waals surface area contributed by atoms with Crippen LogP contribution in [0.3, 0.4) is 0 Å². The molecule has 1 fully saturated rings. The van der Waals surface area contributed by atoms with Gasteiger partial charge in [-0.25, -0.2) is 12.7 Å². The first-order valence-electron chi connectivity index (χ1n) is 5.39. The minimum absolute atomic E-state index is 0.197. The fourth-order valence-corrected chi connectivity index (χ4v) is 4.42. The first kappa shape index (κ1) is 13.5. The molecule has 0 unspecified atom stereocenters. The second-order valence-electron chi connectivity index (χ2n) is 4.89. The molecule has 3 nitrogen and oxygen atoms in total. The summed E-state index contributed by atoms with van der Waals surface area (Å²) >= 11 is 3.51. The number of nitrogens with zero attached hydrogens (tertiary/aromatic N) is 1. The molecule has 0 aromatic heterocycles. The highest BCUT2D eigenvalue weighted by molar-refractivity contribution is 9.09. The van der Waals surface area contributed by atoms with Crippen LogP contribution in [0.5, 0.6) is 0 Å². The minimum Gasteiger partial charge on any atom is -0.212 e. The summed E-state index contributed by atoms with van der Waals surface area (Å²) in [5.41, 5.74) is 0. The standard InChI is InChI=1S/C10H20BrNO2S/c1-8(2)7-15(13,14)12(3)6-9-4-10(11)5-9/h8-10H,4-7H2,1-3H3. The molecule has 0 spiro atoms. The molecule has 0 amide bonds. The van der Waals surface area contributed by atoms with Gasteiger partial charge >= 0.3 is 0 Å². The van der Waals surface area contributed by atoms with Crippen LogP contribution in [0, 0.1) is 11.8 Å². The summed E-state index contributed by atoms with van der Waals surface area (Å²) in [6, 6.07) is 0. The number of hydrogen-bond acceptors (Lipinski definition) is 2. The van der Waals surface area contributed by atoms with Crippen LogP contribution in [0.25, 0.3) is 0 Å². The molecule has 0 aromatic rings. The molecule has 1 saturated carbocycles. The van der Waals surface area contributed by atoms with E-state index in [1.807, 2.05) is 13.8 Å². The molecule has 0 heterocycles. The van der Waals surface area contributed by atoms with Gasteiger partial charge in [0, 0.05) is 18.4 Å². The lowest BCUT2D eigenvalue weighted by Gasteiger charge is -2.34. The summed E-state index contributed by atoms with van der Waals surface area (Å²) < 4.78 is 25.1. The Labute approximate surface area is 101 Å². The van der Waals surface area contributed by atoms with Gasteiger partial charge in [-0.05, 0) is 24.7 Å². The van der Waals surface area contributed by atoms with Gasteiger partial charge < -0.3 is 0 Å². The summed E-state index contributed by atoms with van der Waals surface area (Å²) in [5.74, 6) is 0.998. The highest BCUT2D eigenvalue weighted by Crippen LogP contribution is 2.34. The Morgan fingerprint density at radius 1 is 1.40 bits per heavy atom. The van der Waals surface area contributed by atoms with Crippen LogP contribution in [-0.4, -0.2) is 36.9 Å². The van der Waals surface area contributed by atoms with Gasteiger partial charge in [-0.2, -0.15) is 0 Å². The van der Waals surface area contributed by atoms with Crippen molar-refractivity contribution in [3.63, 3.8) is 0 Å². The van der Waals surface area contributed by atoms with Gasteiger partial charge in [-0.3, -0.25) is 0 Å². The predicted molar refractivity (Wildman–Crippen MR) is 66.7 cm³/mol. The van der Waals surface area contributed by atoms with E-state index in [1.54, 1.807) is 7.05 Å². The summed E-state index contributed by atoms with van der Waals surface area (Å²) in [6.07, 6.45) is 2.20. The van der Waals surface area contributed by atoms with Crippen molar-refractivity contribution in [3.8, 4) is 0 Å². The smallest absolute Gasteiger partial charge is 0.212 e. The van der Waals surface area contributed by atoms with Crippen molar-refractivity contribution < 1.29 is 8.42 Å². The predicted octanol–water partition coefficient (Wildman–Crippen LogP) is 2.08. The summed E-state index contributed by atoms with van der Waals surface area (Å²) in [7, 11) is -1.34. The van der Waals surface area contributed by atoms with Gasteiger partial charge in [0.2, 0.25) is 10.0 Å². The Balaban J connectivity index is 2.42. The first-order valence-corrected chi connectivity index (χ1v) is 7.92. The number of hydrogen-bond donors (Lipinski definition) is 0. The van der Waals surface area contributed by atoms with Crippen LogP contribution >= 0.6 is 15.9 Å². The van der Waals surface area contributed by atoms with Crippen LogP contribution in [0.4, 0.5) is 0 Å². The van der Waals surface area contributed by atoms with Gasteiger partial charge in [-0.1, -0.05) is 29.8 Å². The average molecular weight is 298 g/mol. The van der Waals surface area contributed by atoms with Crippen molar-refractivity contribution in [1.82, 2.24) is 4.31 Å². The third-order valence-corrected chi connectivity index (χ3v) is 5.65. The molecule has 1 rings (SSSR count). The van der Waals surface area contributed by atoms with Gasteiger partial charge in [0.1, 0.15) is 0 Å². The van der Waals surface area contributed by atoms with Crippen LogP contribution in [0.2, 0.25) is 0 Å². The molecular formula is C10H20BrNO2S. The molecule has 0 bridgehead atoms. The fourth-order valence-electron chi connectivity index (χ4n) is 1.83. The maximum atomic E-state index is 11.8. The lowest BCUT2D eigenvalue weighted by Crippen LogP contribution is -2.39. The van der Waals surface area contributed by atoms with Gasteiger partial charge in [0.15, 0.2) is 0 Å². The molecule has 90 valence electrons. The lowest BCUT2D eigenvalue weighted by molar-refractivity contribution is 0.275. The van der Waals surface area contributed by atoms with Crippen LogP contribution in [0.15, 0.2) is 0 Å². The van der Waals surface area contributed by atoms with Crippen molar-refractivity contribution in [2.45, 2.75) is 31.5 Å². The number of rotatable bonds is 5. The second kappa shape index (κ2) is 5.15. The van der Waals surface area contributed by atoms with Crippen LogP contribution < -0.4 is 0 Å². The minimum atomic E-state index is -3.03. The zero-order chi connectivity index (χ0) is 11.6. The number of alkyl halides is 1. The summed E-state index contributed by atoms with van der Waals surface area (Å²) in [6.45, 7) is 4.55. The third kappa shape index (κ3) is 4.04. The van der Waals surface area contributed by atoms with Crippen molar-refractivity contribution in [3.05, 3.63) is 0 Å². The fraction of sp³-hybridized carbons (Fsp3) is 1.00. The van der Waals surface area contributed by atoms with Crippen LogP contribution in [-0.2, 0) is 10.0 Å². The zero-order valence-electron chi connectivity index (χ0n) is 9.61. The Morgan fingerprint density at radius 3 is 2.33 bits per heavy atom. The summed E-state index contributed by atoms with van der Waals surface area (Å²) in [5, 5.41) is 0. The molecule has 0 N–H and O–H groups in total. The second-order valence-corrected chi connectivity index (χ2v) is 8.30. The molecule has 15 heavy (non-hydrogen) atoms. The molecule has 1 aliphatic rings.